The molecule has 0 N–H and O–H groups in total. The SMILES string of the molecule is Cc1nc([C@H]2CCCCCN2C(=O)Cc2ccccc2F)no1. The number of halogens is 1. The Morgan fingerprint density at radius 3 is 2.91 bits per heavy atom. The standard InChI is InChI=1S/C17H20FN3O2/c1-12-19-17(20-23-12)15-9-3-2-6-10-21(15)16(22)11-13-7-4-5-8-14(13)18/h4-5,7-8,15H,2-3,6,9-11H2,1H3/t15-/m1/s1. The summed E-state index contributed by atoms with van der Waals surface area (Å²) in [5.74, 6) is 0.601. The average Bonchev–Trinajstić information content (AvgIpc) is 2.82. The molecule has 1 saturated heterocycles. The average molecular weight is 317 g/mol. The van der Waals surface area contributed by atoms with Crippen molar-refractivity contribution < 1.29 is 13.7 Å². The predicted octanol–water partition coefficient (Wildman–Crippen LogP) is 3.20. The number of nitrogens with zero attached hydrogens (tertiary/aromatic N) is 3. The van der Waals surface area contributed by atoms with Crippen molar-refractivity contribution in [1.82, 2.24) is 15.0 Å². The van der Waals surface area contributed by atoms with Crippen molar-refractivity contribution in [1.29, 1.82) is 0 Å². The summed E-state index contributed by atoms with van der Waals surface area (Å²) in [4.78, 5) is 18.8. The molecule has 1 fully saturated rings. The monoisotopic (exact) mass is 317 g/mol. The van der Waals surface area contributed by atoms with Gasteiger partial charge in [-0.25, -0.2) is 4.39 Å². The fourth-order valence-corrected chi connectivity index (χ4v) is 3.03. The first-order valence-corrected chi connectivity index (χ1v) is 7.98. The Bertz CT molecular complexity index is 686. The molecule has 1 amide bonds. The number of rotatable bonds is 3. The lowest BCUT2D eigenvalue weighted by Crippen LogP contribution is -2.36. The lowest BCUT2D eigenvalue weighted by Gasteiger charge is -2.28. The maximum atomic E-state index is 13.8. The number of benzene rings is 1. The molecule has 1 aromatic carbocycles. The molecule has 1 aromatic heterocycles. The van der Waals surface area contributed by atoms with E-state index in [0.29, 0.717) is 23.8 Å². The van der Waals surface area contributed by atoms with E-state index in [-0.39, 0.29) is 24.2 Å². The minimum absolute atomic E-state index is 0.0556. The van der Waals surface area contributed by atoms with Gasteiger partial charge in [0.15, 0.2) is 5.82 Å². The second-order valence-electron chi connectivity index (χ2n) is 5.89. The summed E-state index contributed by atoms with van der Waals surface area (Å²) in [5, 5.41) is 3.98. The molecular weight excluding hydrogens is 297 g/mol. The van der Waals surface area contributed by atoms with Gasteiger partial charge in [-0.15, -0.1) is 0 Å². The van der Waals surface area contributed by atoms with Crippen LogP contribution in [0.15, 0.2) is 28.8 Å². The van der Waals surface area contributed by atoms with Crippen LogP contribution in [0, 0.1) is 12.7 Å². The third-order valence-corrected chi connectivity index (χ3v) is 4.21. The Hall–Kier alpha value is -2.24. The van der Waals surface area contributed by atoms with Crippen molar-refractivity contribution in [2.45, 2.75) is 45.1 Å². The third-order valence-electron chi connectivity index (χ3n) is 4.21. The lowest BCUT2D eigenvalue weighted by atomic mass is 10.1. The van der Waals surface area contributed by atoms with Crippen LogP contribution in [0.4, 0.5) is 4.39 Å². The summed E-state index contributed by atoms with van der Waals surface area (Å²) in [5.41, 5.74) is 0.421. The zero-order chi connectivity index (χ0) is 16.2. The topological polar surface area (TPSA) is 59.2 Å². The quantitative estimate of drug-likeness (QED) is 0.872. The van der Waals surface area contributed by atoms with Crippen LogP contribution in [0.5, 0.6) is 0 Å². The van der Waals surface area contributed by atoms with Crippen LogP contribution in [0.2, 0.25) is 0 Å². The summed E-state index contributed by atoms with van der Waals surface area (Å²) >= 11 is 0. The number of carbonyl (C=O) groups excluding carboxylic acids is 1. The number of hydrogen-bond donors (Lipinski definition) is 0. The van der Waals surface area contributed by atoms with Crippen molar-refractivity contribution in [2.24, 2.45) is 0 Å². The van der Waals surface area contributed by atoms with E-state index in [4.69, 9.17) is 4.52 Å². The largest absolute Gasteiger partial charge is 0.340 e. The second kappa shape index (κ2) is 6.89. The molecule has 0 spiro atoms. The maximum absolute atomic E-state index is 13.8. The highest BCUT2D eigenvalue weighted by atomic mass is 19.1. The first-order chi connectivity index (χ1) is 11.1. The van der Waals surface area contributed by atoms with E-state index < -0.39 is 0 Å². The first kappa shape index (κ1) is 15.6. The molecule has 0 bridgehead atoms. The van der Waals surface area contributed by atoms with Crippen LogP contribution in [0.25, 0.3) is 0 Å². The summed E-state index contributed by atoms with van der Waals surface area (Å²) in [6, 6.07) is 6.21. The zero-order valence-corrected chi connectivity index (χ0v) is 13.2. The fourth-order valence-electron chi connectivity index (χ4n) is 3.03. The van der Waals surface area contributed by atoms with Gasteiger partial charge in [0, 0.05) is 13.5 Å². The van der Waals surface area contributed by atoms with Crippen LogP contribution in [-0.4, -0.2) is 27.5 Å². The summed E-state index contributed by atoms with van der Waals surface area (Å²) in [7, 11) is 0. The fraction of sp³-hybridized carbons (Fsp3) is 0.471. The van der Waals surface area contributed by atoms with E-state index >= 15 is 0 Å². The zero-order valence-electron chi connectivity index (χ0n) is 13.2. The van der Waals surface area contributed by atoms with Gasteiger partial charge >= 0.3 is 0 Å². The first-order valence-electron chi connectivity index (χ1n) is 7.98. The Labute approximate surface area is 134 Å². The molecular formula is C17H20FN3O2. The van der Waals surface area contributed by atoms with Crippen LogP contribution in [0.3, 0.4) is 0 Å². The molecule has 0 radical (unpaired) electrons. The van der Waals surface area contributed by atoms with Gasteiger partial charge in [0.25, 0.3) is 0 Å². The summed E-state index contributed by atoms with van der Waals surface area (Å²) in [6.45, 7) is 2.38. The van der Waals surface area contributed by atoms with Gasteiger partial charge in [0.05, 0.1) is 12.5 Å². The van der Waals surface area contributed by atoms with E-state index in [9.17, 15) is 9.18 Å². The van der Waals surface area contributed by atoms with Crippen molar-refractivity contribution in [3.05, 3.63) is 47.4 Å². The normalized spacial score (nSPS) is 18.7. The number of carbonyl (C=O) groups is 1. The van der Waals surface area contributed by atoms with Crippen molar-refractivity contribution >= 4 is 5.91 Å². The smallest absolute Gasteiger partial charge is 0.227 e. The van der Waals surface area contributed by atoms with Crippen molar-refractivity contribution in [2.75, 3.05) is 6.54 Å². The molecule has 0 aliphatic carbocycles. The second-order valence-corrected chi connectivity index (χ2v) is 5.89. The van der Waals surface area contributed by atoms with Crippen molar-refractivity contribution in [3.8, 4) is 0 Å². The number of hydrogen-bond acceptors (Lipinski definition) is 4. The minimum atomic E-state index is -0.345. The molecule has 122 valence electrons. The molecule has 2 heterocycles. The third kappa shape index (κ3) is 3.57. The van der Waals surface area contributed by atoms with Gasteiger partial charge in [0.2, 0.25) is 11.8 Å². The Morgan fingerprint density at radius 1 is 1.35 bits per heavy atom. The molecule has 2 aromatic rings. The van der Waals surface area contributed by atoms with Crippen molar-refractivity contribution in [3.63, 3.8) is 0 Å². The summed E-state index contributed by atoms with van der Waals surface area (Å²) in [6.07, 6.45) is 3.89. The highest BCUT2D eigenvalue weighted by Gasteiger charge is 2.30. The Balaban J connectivity index is 1.81. The van der Waals surface area contributed by atoms with E-state index in [1.54, 1.807) is 30.0 Å². The van der Waals surface area contributed by atoms with Gasteiger partial charge in [-0.3, -0.25) is 4.79 Å². The van der Waals surface area contributed by atoms with E-state index in [0.717, 1.165) is 25.7 Å². The molecule has 5 nitrogen and oxygen atoms in total. The van der Waals surface area contributed by atoms with E-state index in [2.05, 4.69) is 10.1 Å². The number of aromatic nitrogens is 2. The number of amides is 1. The van der Waals surface area contributed by atoms with Gasteiger partial charge in [-0.2, -0.15) is 4.98 Å². The van der Waals surface area contributed by atoms with E-state index in [1.807, 2.05) is 0 Å². The Kier molecular flexibility index (Phi) is 4.69. The number of aryl methyl sites for hydroxylation is 1. The van der Waals surface area contributed by atoms with Crippen LogP contribution >= 0.6 is 0 Å². The van der Waals surface area contributed by atoms with E-state index in [1.165, 1.54) is 6.07 Å². The molecule has 23 heavy (non-hydrogen) atoms. The van der Waals surface area contributed by atoms with Gasteiger partial charge < -0.3 is 9.42 Å². The van der Waals surface area contributed by atoms with Gasteiger partial charge in [-0.1, -0.05) is 36.2 Å². The molecule has 0 saturated carbocycles. The number of likely N-dealkylation sites (tertiary alicyclic amines) is 1. The van der Waals surface area contributed by atoms with Crippen LogP contribution in [-0.2, 0) is 11.2 Å². The minimum Gasteiger partial charge on any atom is -0.340 e. The molecule has 0 unspecified atom stereocenters. The molecule has 6 heteroatoms. The lowest BCUT2D eigenvalue weighted by molar-refractivity contribution is -0.133. The Morgan fingerprint density at radius 2 is 2.17 bits per heavy atom. The van der Waals surface area contributed by atoms with Crippen LogP contribution < -0.4 is 0 Å². The maximum Gasteiger partial charge on any atom is 0.227 e. The molecule has 3 rings (SSSR count). The van der Waals surface area contributed by atoms with Gasteiger partial charge in [0.1, 0.15) is 5.82 Å². The molecule has 1 aliphatic rings. The highest BCUT2D eigenvalue weighted by molar-refractivity contribution is 5.79. The van der Waals surface area contributed by atoms with Gasteiger partial charge in [-0.05, 0) is 24.5 Å². The van der Waals surface area contributed by atoms with Crippen LogP contribution in [0.1, 0.15) is 49.0 Å². The molecule has 1 atom stereocenters. The molecule has 1 aliphatic heterocycles. The predicted molar refractivity (Wildman–Crippen MR) is 82.1 cm³/mol. The summed E-state index contributed by atoms with van der Waals surface area (Å²) < 4.78 is 18.9. The highest BCUT2D eigenvalue weighted by Crippen LogP contribution is 2.29.